The summed E-state index contributed by atoms with van der Waals surface area (Å²) < 4.78 is 0. The van der Waals surface area contributed by atoms with Crippen molar-refractivity contribution < 1.29 is 0 Å². The maximum absolute atomic E-state index is 2.26. The average Bonchev–Trinajstić information content (AvgIpc) is 2.15. The molecule has 0 fully saturated rings. The third kappa shape index (κ3) is 3.06. The summed E-state index contributed by atoms with van der Waals surface area (Å²) >= 11 is 0. The lowest BCUT2D eigenvalue weighted by molar-refractivity contribution is 0.866. The van der Waals surface area contributed by atoms with Gasteiger partial charge in [-0.05, 0) is 23.5 Å². The van der Waals surface area contributed by atoms with E-state index in [-0.39, 0.29) is 0 Å². The minimum Gasteiger partial charge on any atom is -0.0842 e. The quantitative estimate of drug-likeness (QED) is 0.643. The first kappa shape index (κ1) is 10.0. The molecule has 1 aromatic carbocycles. The average molecular weight is 174 g/mol. The molecule has 0 aliphatic heterocycles. The highest BCUT2D eigenvalue weighted by Gasteiger charge is 1.97. The van der Waals surface area contributed by atoms with Crippen molar-refractivity contribution in [3.05, 3.63) is 41.5 Å². The van der Waals surface area contributed by atoms with E-state index >= 15 is 0 Å². The number of hydrogen-bond acceptors (Lipinski definition) is 0. The number of hydrogen-bond donors (Lipinski definition) is 0. The topological polar surface area (TPSA) is 0 Å². The summed E-state index contributed by atoms with van der Waals surface area (Å²) in [5, 5.41) is 0. The zero-order chi connectivity index (χ0) is 9.68. The van der Waals surface area contributed by atoms with Crippen molar-refractivity contribution >= 4 is 6.08 Å². The van der Waals surface area contributed by atoms with Crippen LogP contribution in [0.4, 0.5) is 0 Å². The molecule has 0 spiro atoms. The van der Waals surface area contributed by atoms with E-state index < -0.39 is 0 Å². The van der Waals surface area contributed by atoms with Crippen LogP contribution in [0.25, 0.3) is 6.08 Å². The lowest BCUT2D eigenvalue weighted by atomic mass is 10.0. The Kier molecular flexibility index (Phi) is 3.75. The van der Waals surface area contributed by atoms with Crippen molar-refractivity contribution in [2.75, 3.05) is 0 Å². The maximum atomic E-state index is 2.26. The second kappa shape index (κ2) is 4.86. The minimum absolute atomic E-state index is 0.620. The summed E-state index contributed by atoms with van der Waals surface area (Å²) in [5.74, 6) is 0.620. The SMILES string of the molecule is CCC=Cc1cccc(C(C)C)c1. The molecule has 13 heavy (non-hydrogen) atoms. The van der Waals surface area contributed by atoms with Crippen LogP contribution in [0.2, 0.25) is 0 Å². The molecule has 0 heterocycles. The van der Waals surface area contributed by atoms with E-state index in [0.29, 0.717) is 5.92 Å². The molecule has 0 heteroatoms. The summed E-state index contributed by atoms with van der Waals surface area (Å²) in [6.45, 7) is 6.61. The second-order valence-electron chi connectivity index (χ2n) is 3.64. The molecule has 0 atom stereocenters. The largest absolute Gasteiger partial charge is 0.0842 e. The lowest BCUT2D eigenvalue weighted by Gasteiger charge is -2.05. The van der Waals surface area contributed by atoms with Gasteiger partial charge in [-0.1, -0.05) is 57.2 Å². The van der Waals surface area contributed by atoms with Gasteiger partial charge in [0, 0.05) is 0 Å². The molecule has 0 aromatic heterocycles. The van der Waals surface area contributed by atoms with E-state index in [4.69, 9.17) is 0 Å². The summed E-state index contributed by atoms with van der Waals surface area (Å²) in [5.41, 5.74) is 2.73. The van der Waals surface area contributed by atoms with Crippen LogP contribution < -0.4 is 0 Å². The number of allylic oxidation sites excluding steroid dienone is 1. The van der Waals surface area contributed by atoms with Gasteiger partial charge < -0.3 is 0 Å². The van der Waals surface area contributed by atoms with Crippen LogP contribution in [0, 0.1) is 0 Å². The molecule has 1 aromatic rings. The Morgan fingerprint density at radius 3 is 2.69 bits per heavy atom. The van der Waals surface area contributed by atoms with Gasteiger partial charge in [0.2, 0.25) is 0 Å². The molecule has 0 aliphatic rings. The van der Waals surface area contributed by atoms with Gasteiger partial charge >= 0.3 is 0 Å². The van der Waals surface area contributed by atoms with Crippen molar-refractivity contribution in [3.8, 4) is 0 Å². The van der Waals surface area contributed by atoms with Gasteiger partial charge in [-0.25, -0.2) is 0 Å². The smallest absolute Gasteiger partial charge is 0.0219 e. The Labute approximate surface area is 81.3 Å². The van der Waals surface area contributed by atoms with Crippen molar-refractivity contribution in [1.82, 2.24) is 0 Å². The molecule has 70 valence electrons. The monoisotopic (exact) mass is 174 g/mol. The van der Waals surface area contributed by atoms with E-state index in [2.05, 4.69) is 57.2 Å². The number of benzene rings is 1. The lowest BCUT2D eigenvalue weighted by Crippen LogP contribution is -1.86. The third-order valence-electron chi connectivity index (χ3n) is 2.12. The van der Waals surface area contributed by atoms with Gasteiger partial charge in [-0.2, -0.15) is 0 Å². The summed E-state index contributed by atoms with van der Waals surface area (Å²) in [6.07, 6.45) is 5.48. The minimum atomic E-state index is 0.620. The van der Waals surface area contributed by atoms with Crippen LogP contribution in [0.15, 0.2) is 30.3 Å². The zero-order valence-electron chi connectivity index (χ0n) is 8.75. The Hall–Kier alpha value is -1.04. The Morgan fingerprint density at radius 1 is 1.31 bits per heavy atom. The Bertz CT molecular complexity index is 282. The van der Waals surface area contributed by atoms with Crippen LogP contribution in [0.5, 0.6) is 0 Å². The van der Waals surface area contributed by atoms with Crippen molar-refractivity contribution in [3.63, 3.8) is 0 Å². The maximum Gasteiger partial charge on any atom is -0.0219 e. The Morgan fingerprint density at radius 2 is 2.08 bits per heavy atom. The van der Waals surface area contributed by atoms with Gasteiger partial charge in [-0.3, -0.25) is 0 Å². The summed E-state index contributed by atoms with van der Waals surface area (Å²) in [7, 11) is 0. The molecule has 0 nitrogen and oxygen atoms in total. The van der Waals surface area contributed by atoms with Crippen molar-refractivity contribution in [1.29, 1.82) is 0 Å². The van der Waals surface area contributed by atoms with Crippen molar-refractivity contribution in [2.24, 2.45) is 0 Å². The molecule has 0 saturated carbocycles. The first-order valence-corrected chi connectivity index (χ1v) is 5.00. The van der Waals surface area contributed by atoms with Gasteiger partial charge in [0.15, 0.2) is 0 Å². The van der Waals surface area contributed by atoms with E-state index in [1.165, 1.54) is 11.1 Å². The third-order valence-corrected chi connectivity index (χ3v) is 2.12. The summed E-state index contributed by atoms with van der Waals surface area (Å²) in [4.78, 5) is 0. The van der Waals surface area contributed by atoms with Gasteiger partial charge in [0.25, 0.3) is 0 Å². The molecule has 0 radical (unpaired) electrons. The predicted octanol–water partition coefficient (Wildman–Crippen LogP) is 4.23. The fourth-order valence-electron chi connectivity index (χ4n) is 1.28. The van der Waals surface area contributed by atoms with E-state index in [0.717, 1.165) is 6.42 Å². The molecular weight excluding hydrogens is 156 g/mol. The standard InChI is InChI=1S/C13H18/c1-4-5-7-12-8-6-9-13(10-12)11(2)3/h5-11H,4H2,1-3H3. The molecule has 0 N–H and O–H groups in total. The highest BCUT2D eigenvalue weighted by Crippen LogP contribution is 2.16. The fourth-order valence-corrected chi connectivity index (χ4v) is 1.28. The van der Waals surface area contributed by atoms with E-state index in [1.54, 1.807) is 0 Å². The van der Waals surface area contributed by atoms with Crippen LogP contribution in [-0.2, 0) is 0 Å². The molecule has 0 bridgehead atoms. The predicted molar refractivity (Wildman–Crippen MR) is 59.9 cm³/mol. The van der Waals surface area contributed by atoms with E-state index in [9.17, 15) is 0 Å². The number of rotatable bonds is 3. The molecule has 0 aliphatic carbocycles. The van der Waals surface area contributed by atoms with Crippen LogP contribution in [0.3, 0.4) is 0 Å². The molecular formula is C13H18. The second-order valence-corrected chi connectivity index (χ2v) is 3.64. The first-order valence-electron chi connectivity index (χ1n) is 5.00. The molecule has 1 rings (SSSR count). The Balaban J connectivity index is 2.85. The summed E-state index contributed by atoms with van der Waals surface area (Å²) in [6, 6.07) is 8.73. The van der Waals surface area contributed by atoms with Crippen LogP contribution in [-0.4, -0.2) is 0 Å². The molecule has 0 unspecified atom stereocenters. The van der Waals surface area contributed by atoms with Crippen LogP contribution in [0.1, 0.15) is 44.2 Å². The molecule has 0 amide bonds. The fraction of sp³-hybridized carbons (Fsp3) is 0.385. The van der Waals surface area contributed by atoms with Gasteiger partial charge in [-0.15, -0.1) is 0 Å². The highest BCUT2D eigenvalue weighted by molar-refractivity contribution is 5.50. The first-order chi connectivity index (χ1) is 6.24. The van der Waals surface area contributed by atoms with Gasteiger partial charge in [0.1, 0.15) is 0 Å². The molecule has 0 saturated heterocycles. The van der Waals surface area contributed by atoms with Crippen LogP contribution >= 0.6 is 0 Å². The van der Waals surface area contributed by atoms with E-state index in [1.807, 2.05) is 0 Å². The van der Waals surface area contributed by atoms with Crippen molar-refractivity contribution in [2.45, 2.75) is 33.1 Å². The van der Waals surface area contributed by atoms with Gasteiger partial charge in [0.05, 0.1) is 0 Å². The normalized spacial score (nSPS) is 11.4. The highest BCUT2D eigenvalue weighted by atomic mass is 14.0. The zero-order valence-corrected chi connectivity index (χ0v) is 8.75.